The van der Waals surface area contributed by atoms with Gasteiger partial charge in [0.15, 0.2) is 0 Å². The summed E-state index contributed by atoms with van der Waals surface area (Å²) >= 11 is 1.72. The molecule has 1 atom stereocenters. The molecule has 80 valence electrons. The lowest BCUT2D eigenvalue weighted by Gasteiger charge is -2.09. The number of nitrogens with zero attached hydrogens (tertiary/aromatic N) is 1. The molecule has 0 radical (unpaired) electrons. The van der Waals surface area contributed by atoms with Crippen LogP contribution in [0.4, 0.5) is 4.79 Å². The fourth-order valence-electron chi connectivity index (χ4n) is 1.69. The highest BCUT2D eigenvalue weighted by Crippen LogP contribution is 2.22. The van der Waals surface area contributed by atoms with Gasteiger partial charge in [-0.15, -0.1) is 11.8 Å². The van der Waals surface area contributed by atoms with Crippen molar-refractivity contribution in [3.8, 4) is 0 Å². The summed E-state index contributed by atoms with van der Waals surface area (Å²) in [4.78, 5) is 14.2. The maximum absolute atomic E-state index is 11.3. The summed E-state index contributed by atoms with van der Waals surface area (Å²) in [5, 5.41) is 2.94. The molecule has 2 rings (SSSR count). The van der Waals surface area contributed by atoms with Gasteiger partial charge in [-0.05, 0) is 24.0 Å². The van der Waals surface area contributed by atoms with Gasteiger partial charge < -0.3 is 10.2 Å². The quantitative estimate of drug-likeness (QED) is 0.777. The summed E-state index contributed by atoms with van der Waals surface area (Å²) in [6.45, 7) is 0.747. The van der Waals surface area contributed by atoms with Crippen LogP contribution in [0.25, 0.3) is 0 Å². The third kappa shape index (κ3) is 2.09. The molecule has 1 heterocycles. The largest absolute Gasteiger partial charge is 0.329 e. The Hall–Kier alpha value is -1.16. The van der Waals surface area contributed by atoms with E-state index in [4.69, 9.17) is 0 Å². The van der Waals surface area contributed by atoms with Crippen molar-refractivity contribution in [2.75, 3.05) is 19.8 Å². The molecule has 4 heteroatoms. The second kappa shape index (κ2) is 4.14. The first-order valence-corrected chi connectivity index (χ1v) is 6.09. The summed E-state index contributed by atoms with van der Waals surface area (Å²) in [6, 6.07) is 8.48. The highest BCUT2D eigenvalue weighted by Gasteiger charge is 2.26. The van der Waals surface area contributed by atoms with Gasteiger partial charge in [-0.2, -0.15) is 0 Å². The van der Waals surface area contributed by atoms with Gasteiger partial charge in [-0.25, -0.2) is 4.79 Å². The molecule has 1 aliphatic heterocycles. The Morgan fingerprint density at radius 2 is 2.07 bits per heavy atom. The third-order valence-corrected chi connectivity index (χ3v) is 3.36. The van der Waals surface area contributed by atoms with Crippen LogP contribution in [0, 0.1) is 0 Å². The van der Waals surface area contributed by atoms with Crippen molar-refractivity contribution in [1.82, 2.24) is 10.2 Å². The van der Waals surface area contributed by atoms with Crippen molar-refractivity contribution in [3.63, 3.8) is 0 Å². The summed E-state index contributed by atoms with van der Waals surface area (Å²) < 4.78 is 0. The van der Waals surface area contributed by atoms with E-state index >= 15 is 0 Å². The molecule has 0 bridgehead atoms. The van der Waals surface area contributed by atoms with Crippen molar-refractivity contribution in [2.24, 2.45) is 0 Å². The number of hydrogen-bond donors (Lipinski definition) is 1. The van der Waals surface area contributed by atoms with Crippen molar-refractivity contribution < 1.29 is 4.79 Å². The molecule has 0 spiro atoms. The average molecular weight is 222 g/mol. The van der Waals surface area contributed by atoms with Gasteiger partial charge in [0.05, 0.1) is 6.04 Å². The first-order valence-electron chi connectivity index (χ1n) is 4.86. The molecule has 0 aliphatic carbocycles. The number of amides is 2. The molecule has 2 amide bonds. The summed E-state index contributed by atoms with van der Waals surface area (Å²) in [5.41, 5.74) is 1.17. The molecular weight excluding hydrogens is 208 g/mol. The predicted molar refractivity (Wildman–Crippen MR) is 62.1 cm³/mol. The zero-order valence-corrected chi connectivity index (χ0v) is 9.67. The van der Waals surface area contributed by atoms with Crippen LogP contribution in [-0.2, 0) is 0 Å². The van der Waals surface area contributed by atoms with Gasteiger partial charge in [0.2, 0.25) is 0 Å². The first-order chi connectivity index (χ1) is 7.20. The molecule has 3 nitrogen and oxygen atoms in total. The van der Waals surface area contributed by atoms with E-state index < -0.39 is 0 Å². The summed E-state index contributed by atoms with van der Waals surface area (Å²) in [5.74, 6) is 0. The molecule has 1 aliphatic rings. The van der Waals surface area contributed by atoms with Crippen LogP contribution < -0.4 is 5.32 Å². The van der Waals surface area contributed by atoms with Crippen molar-refractivity contribution in [3.05, 3.63) is 29.8 Å². The number of carbonyl (C=O) groups is 1. The molecule has 0 aromatic heterocycles. The summed E-state index contributed by atoms with van der Waals surface area (Å²) in [7, 11) is 1.81. The zero-order chi connectivity index (χ0) is 10.8. The fourth-order valence-corrected chi connectivity index (χ4v) is 2.09. The van der Waals surface area contributed by atoms with Gasteiger partial charge in [-0.1, -0.05) is 12.1 Å². The average Bonchev–Trinajstić information content (AvgIpc) is 2.59. The number of carbonyl (C=O) groups excluding carboxylic acids is 1. The molecule has 1 aromatic rings. The number of hydrogen-bond acceptors (Lipinski definition) is 2. The maximum Gasteiger partial charge on any atom is 0.317 e. The second-order valence-electron chi connectivity index (χ2n) is 3.66. The number of rotatable bonds is 2. The molecular formula is C11H14N2OS. The minimum Gasteiger partial charge on any atom is -0.329 e. The Balaban J connectivity index is 2.13. The molecule has 1 unspecified atom stereocenters. The minimum atomic E-state index is 0.00828. The van der Waals surface area contributed by atoms with E-state index in [1.54, 1.807) is 16.7 Å². The Labute approximate surface area is 93.8 Å². The predicted octanol–water partition coefficient (Wildman–Crippen LogP) is 2.10. The maximum atomic E-state index is 11.3. The Bertz CT molecular complexity index is 363. The molecule has 1 fully saturated rings. The van der Waals surface area contributed by atoms with Crippen molar-refractivity contribution in [1.29, 1.82) is 0 Å². The van der Waals surface area contributed by atoms with Crippen LogP contribution in [0.15, 0.2) is 29.2 Å². The lowest BCUT2D eigenvalue weighted by molar-refractivity contribution is 0.226. The van der Waals surface area contributed by atoms with Crippen LogP contribution >= 0.6 is 11.8 Å². The molecule has 1 saturated heterocycles. The Morgan fingerprint density at radius 3 is 2.53 bits per heavy atom. The van der Waals surface area contributed by atoms with Crippen molar-refractivity contribution in [2.45, 2.75) is 10.9 Å². The van der Waals surface area contributed by atoms with Gasteiger partial charge in [0, 0.05) is 18.5 Å². The Kier molecular flexibility index (Phi) is 2.86. The first kappa shape index (κ1) is 10.4. The number of thioether (sulfide) groups is 1. The smallest absolute Gasteiger partial charge is 0.317 e. The molecule has 1 aromatic carbocycles. The van der Waals surface area contributed by atoms with Gasteiger partial charge in [0.25, 0.3) is 0 Å². The van der Waals surface area contributed by atoms with E-state index in [0.29, 0.717) is 0 Å². The molecule has 0 saturated carbocycles. The SMILES string of the molecule is CSc1ccc(C2CN(C)C(=O)N2)cc1. The minimum absolute atomic E-state index is 0.00828. The lowest BCUT2D eigenvalue weighted by Crippen LogP contribution is -2.23. The van der Waals surface area contributed by atoms with E-state index in [9.17, 15) is 4.79 Å². The lowest BCUT2D eigenvalue weighted by atomic mass is 10.1. The summed E-state index contributed by atoms with van der Waals surface area (Å²) in [6.07, 6.45) is 2.06. The van der Waals surface area contributed by atoms with Crippen LogP contribution in [0.2, 0.25) is 0 Å². The normalized spacial score (nSPS) is 20.5. The van der Waals surface area contributed by atoms with Crippen LogP contribution in [-0.4, -0.2) is 30.8 Å². The van der Waals surface area contributed by atoms with Crippen LogP contribution in [0.1, 0.15) is 11.6 Å². The number of likely N-dealkylation sites (N-methyl/N-ethyl adjacent to an activating group) is 1. The monoisotopic (exact) mass is 222 g/mol. The number of urea groups is 1. The zero-order valence-electron chi connectivity index (χ0n) is 8.86. The van der Waals surface area contributed by atoms with Gasteiger partial charge in [-0.3, -0.25) is 0 Å². The third-order valence-electron chi connectivity index (χ3n) is 2.62. The highest BCUT2D eigenvalue weighted by atomic mass is 32.2. The van der Waals surface area contributed by atoms with E-state index in [0.717, 1.165) is 6.54 Å². The standard InChI is InChI=1S/C11H14N2OS/c1-13-7-10(12-11(13)14)8-3-5-9(15-2)6-4-8/h3-6,10H,7H2,1-2H3,(H,12,14). The Morgan fingerprint density at radius 1 is 1.40 bits per heavy atom. The van der Waals surface area contributed by atoms with Gasteiger partial charge >= 0.3 is 6.03 Å². The molecule has 1 N–H and O–H groups in total. The highest BCUT2D eigenvalue weighted by molar-refractivity contribution is 7.98. The topological polar surface area (TPSA) is 32.3 Å². The van der Waals surface area contributed by atoms with Crippen LogP contribution in [0.5, 0.6) is 0 Å². The van der Waals surface area contributed by atoms with E-state index in [2.05, 4.69) is 35.8 Å². The molecule has 15 heavy (non-hydrogen) atoms. The fraction of sp³-hybridized carbons (Fsp3) is 0.364. The van der Waals surface area contributed by atoms with Crippen molar-refractivity contribution >= 4 is 17.8 Å². The number of benzene rings is 1. The van der Waals surface area contributed by atoms with E-state index in [1.165, 1.54) is 10.5 Å². The van der Waals surface area contributed by atoms with Crippen LogP contribution in [0.3, 0.4) is 0 Å². The second-order valence-corrected chi connectivity index (χ2v) is 4.54. The number of nitrogens with one attached hydrogen (secondary N) is 1. The van der Waals surface area contributed by atoms with E-state index in [-0.39, 0.29) is 12.1 Å². The van der Waals surface area contributed by atoms with Gasteiger partial charge in [0.1, 0.15) is 0 Å². The van der Waals surface area contributed by atoms with E-state index in [1.807, 2.05) is 7.05 Å².